The van der Waals surface area contributed by atoms with Gasteiger partial charge in [0.15, 0.2) is 0 Å². The van der Waals surface area contributed by atoms with Gasteiger partial charge in [-0.15, -0.1) is 0 Å². The molecule has 48 heavy (non-hydrogen) atoms. The van der Waals surface area contributed by atoms with Crippen molar-refractivity contribution in [3.05, 3.63) is 77.8 Å². The summed E-state index contributed by atoms with van der Waals surface area (Å²) in [5.74, 6) is -1.90. The van der Waals surface area contributed by atoms with Gasteiger partial charge in [-0.25, -0.2) is 13.8 Å². The first-order chi connectivity index (χ1) is 22.5. The lowest BCUT2D eigenvalue weighted by atomic mass is 9.84. The zero-order valence-electron chi connectivity index (χ0n) is 28.7. The minimum atomic E-state index is -1.10. The number of rotatable bonds is 16. The van der Waals surface area contributed by atoms with Crippen molar-refractivity contribution < 1.29 is 33.0 Å². The van der Waals surface area contributed by atoms with E-state index in [0.717, 1.165) is 23.8 Å². The van der Waals surface area contributed by atoms with Gasteiger partial charge in [-0.1, -0.05) is 51.1 Å². The van der Waals surface area contributed by atoms with Crippen molar-refractivity contribution >= 4 is 29.6 Å². The van der Waals surface area contributed by atoms with Crippen molar-refractivity contribution in [2.75, 3.05) is 18.1 Å². The molecule has 1 heterocycles. The van der Waals surface area contributed by atoms with E-state index in [1.165, 1.54) is 11.8 Å². The number of amides is 1. The third-order valence-corrected chi connectivity index (χ3v) is 8.45. The molecule has 0 aliphatic carbocycles. The first-order valence-electron chi connectivity index (χ1n) is 16.1. The predicted octanol–water partition coefficient (Wildman–Crippen LogP) is 6.84. The molecule has 0 bridgehead atoms. The van der Waals surface area contributed by atoms with Crippen molar-refractivity contribution in [3.8, 4) is 11.3 Å². The SMILES string of the molecule is CC(C)(C)OC(=O)CCCCN(C(=O)CSCCC(N)C(=O)O)[C@@H](c1nc(-c2cc(F)ccc2F)cn1Cc1ccccc1)C(C)(C)C. The van der Waals surface area contributed by atoms with Crippen LogP contribution in [0.25, 0.3) is 11.3 Å². The van der Waals surface area contributed by atoms with Crippen molar-refractivity contribution in [2.24, 2.45) is 11.1 Å². The van der Waals surface area contributed by atoms with E-state index in [1.54, 1.807) is 11.1 Å². The van der Waals surface area contributed by atoms with Gasteiger partial charge in [-0.05, 0) is 75.0 Å². The zero-order chi connectivity index (χ0) is 35.6. The molecule has 0 fully saturated rings. The topological polar surface area (TPSA) is 128 Å². The van der Waals surface area contributed by atoms with Gasteiger partial charge in [0.05, 0.1) is 17.5 Å². The molecular formula is C36H48F2N4O5S. The molecule has 0 saturated carbocycles. The van der Waals surface area contributed by atoms with Crippen LogP contribution in [0.5, 0.6) is 0 Å². The second-order valence-electron chi connectivity index (χ2n) is 13.9. The largest absolute Gasteiger partial charge is 0.480 e. The quantitative estimate of drug-likeness (QED) is 0.124. The van der Waals surface area contributed by atoms with Gasteiger partial charge < -0.3 is 25.0 Å². The fourth-order valence-corrected chi connectivity index (χ4v) is 6.20. The average Bonchev–Trinajstić information content (AvgIpc) is 3.38. The summed E-state index contributed by atoms with van der Waals surface area (Å²) in [6.45, 7) is 12.0. The van der Waals surface area contributed by atoms with E-state index in [9.17, 15) is 18.8 Å². The molecule has 9 nitrogen and oxygen atoms in total. The number of imidazole rings is 1. The van der Waals surface area contributed by atoms with Gasteiger partial charge in [0.1, 0.15) is 29.1 Å². The average molecular weight is 687 g/mol. The van der Waals surface area contributed by atoms with E-state index >= 15 is 4.39 Å². The molecule has 0 radical (unpaired) electrons. The van der Waals surface area contributed by atoms with Crippen LogP contribution in [0.1, 0.15) is 84.7 Å². The van der Waals surface area contributed by atoms with Gasteiger partial charge in [-0.2, -0.15) is 11.8 Å². The Balaban J connectivity index is 2.02. The Morgan fingerprint density at radius 2 is 1.73 bits per heavy atom. The summed E-state index contributed by atoms with van der Waals surface area (Å²) in [4.78, 5) is 44.3. The Bertz CT molecular complexity index is 1540. The van der Waals surface area contributed by atoms with Gasteiger partial charge in [-0.3, -0.25) is 14.4 Å². The number of esters is 1. The fourth-order valence-electron chi connectivity index (χ4n) is 5.29. The summed E-state index contributed by atoms with van der Waals surface area (Å²) in [6, 6.07) is 11.2. The zero-order valence-corrected chi connectivity index (χ0v) is 29.5. The number of benzene rings is 2. The second-order valence-corrected chi connectivity index (χ2v) is 15.0. The number of thioether (sulfide) groups is 1. The summed E-state index contributed by atoms with van der Waals surface area (Å²) in [5.41, 5.74) is 5.68. The van der Waals surface area contributed by atoms with Crippen LogP contribution < -0.4 is 5.73 Å². The molecule has 0 aliphatic heterocycles. The molecule has 0 aliphatic rings. The Labute approximate surface area is 286 Å². The lowest BCUT2D eigenvalue weighted by molar-refractivity contribution is -0.155. The first-order valence-corrected chi connectivity index (χ1v) is 17.3. The van der Waals surface area contributed by atoms with Gasteiger partial charge in [0.2, 0.25) is 5.91 Å². The van der Waals surface area contributed by atoms with Crippen LogP contribution >= 0.6 is 11.8 Å². The van der Waals surface area contributed by atoms with Crippen LogP contribution in [-0.2, 0) is 25.7 Å². The minimum absolute atomic E-state index is 0.0104. The number of hydrogen-bond donors (Lipinski definition) is 2. The summed E-state index contributed by atoms with van der Waals surface area (Å²) in [6.07, 6.45) is 3.06. The second kappa shape index (κ2) is 17.1. The number of carbonyl (C=O) groups excluding carboxylic acids is 2. The van der Waals surface area contributed by atoms with E-state index in [1.807, 2.05) is 76.4 Å². The molecule has 3 rings (SSSR count). The molecule has 262 valence electrons. The van der Waals surface area contributed by atoms with Crippen LogP contribution in [0.3, 0.4) is 0 Å². The van der Waals surface area contributed by atoms with Crippen LogP contribution in [0.2, 0.25) is 0 Å². The maximum Gasteiger partial charge on any atom is 0.320 e. The Morgan fingerprint density at radius 3 is 2.35 bits per heavy atom. The number of carboxylic acid groups (broad SMARTS) is 1. The summed E-state index contributed by atoms with van der Waals surface area (Å²) in [5, 5.41) is 9.14. The Hall–Kier alpha value is -3.77. The number of unbranched alkanes of at least 4 members (excludes halogenated alkanes) is 1. The molecule has 1 aromatic heterocycles. The summed E-state index contributed by atoms with van der Waals surface area (Å²) in [7, 11) is 0. The Kier molecular flexibility index (Phi) is 13.7. The van der Waals surface area contributed by atoms with Crippen LogP contribution in [0, 0.1) is 17.0 Å². The third kappa shape index (κ3) is 11.7. The van der Waals surface area contributed by atoms with Gasteiger partial charge >= 0.3 is 11.9 Å². The summed E-state index contributed by atoms with van der Waals surface area (Å²) < 4.78 is 36.7. The number of carbonyl (C=O) groups is 3. The van der Waals surface area contributed by atoms with Crippen molar-refractivity contribution in [3.63, 3.8) is 0 Å². The lowest BCUT2D eigenvalue weighted by Crippen LogP contribution is -2.44. The molecule has 1 amide bonds. The van der Waals surface area contributed by atoms with E-state index in [4.69, 9.17) is 20.6 Å². The molecule has 1 unspecified atom stereocenters. The fraction of sp³-hybridized carbons (Fsp3) is 0.500. The highest BCUT2D eigenvalue weighted by Gasteiger charge is 2.38. The molecular weight excluding hydrogens is 638 g/mol. The van der Waals surface area contributed by atoms with E-state index in [2.05, 4.69) is 0 Å². The van der Waals surface area contributed by atoms with E-state index in [0.29, 0.717) is 37.5 Å². The molecule has 0 spiro atoms. The summed E-state index contributed by atoms with van der Waals surface area (Å²) >= 11 is 1.29. The highest BCUT2D eigenvalue weighted by Crippen LogP contribution is 2.40. The smallest absolute Gasteiger partial charge is 0.320 e. The van der Waals surface area contributed by atoms with Gasteiger partial charge in [0.25, 0.3) is 0 Å². The number of carboxylic acids is 1. The standard InChI is InChI=1S/C36H48F2N4O5S/c1-35(2,3)32(33-40-29(26-20-25(37)15-16-27(26)38)22-41(33)21-24-12-8-7-9-13-24)42(18-11-10-14-31(44)47-36(4,5)6)30(43)23-48-19-17-28(39)34(45)46/h7-9,12-13,15-16,20,22,28,32H,10-11,14,17-19,21,23,39H2,1-6H3,(H,45,46)/t28?,32-/m0/s1. The number of nitrogens with zero attached hydrogens (tertiary/aromatic N) is 3. The lowest BCUT2D eigenvalue weighted by Gasteiger charge is -2.40. The predicted molar refractivity (Wildman–Crippen MR) is 184 cm³/mol. The maximum absolute atomic E-state index is 15.0. The number of nitrogens with two attached hydrogens (primary N) is 1. The van der Waals surface area contributed by atoms with Crippen LogP contribution in [-0.4, -0.2) is 67.1 Å². The third-order valence-electron chi connectivity index (χ3n) is 7.47. The number of halogens is 2. The minimum Gasteiger partial charge on any atom is -0.480 e. The molecule has 2 atom stereocenters. The monoisotopic (exact) mass is 686 g/mol. The molecule has 3 N–H and O–H groups in total. The van der Waals surface area contributed by atoms with Crippen molar-refractivity contribution in [1.29, 1.82) is 0 Å². The van der Waals surface area contributed by atoms with E-state index in [-0.39, 0.29) is 41.7 Å². The van der Waals surface area contributed by atoms with Crippen LogP contribution in [0.4, 0.5) is 8.78 Å². The Morgan fingerprint density at radius 1 is 1.04 bits per heavy atom. The highest BCUT2D eigenvalue weighted by molar-refractivity contribution is 7.99. The normalized spacial score (nSPS) is 13.2. The van der Waals surface area contributed by atoms with Gasteiger partial charge in [0, 0.05) is 31.3 Å². The molecule has 0 saturated heterocycles. The highest BCUT2D eigenvalue weighted by atomic mass is 32.2. The number of hydrogen-bond acceptors (Lipinski definition) is 7. The number of aliphatic carboxylic acids is 1. The van der Waals surface area contributed by atoms with Crippen LogP contribution in [0.15, 0.2) is 54.7 Å². The number of ether oxygens (including phenoxy) is 1. The molecule has 2 aromatic carbocycles. The van der Waals surface area contributed by atoms with Crippen molar-refractivity contribution in [2.45, 2.75) is 91.5 Å². The number of aromatic nitrogens is 2. The maximum atomic E-state index is 15.0. The molecule has 3 aromatic rings. The first kappa shape index (κ1) is 38.7. The molecule has 12 heteroatoms. The van der Waals surface area contributed by atoms with E-state index < -0.39 is 40.7 Å². The van der Waals surface area contributed by atoms with Crippen molar-refractivity contribution in [1.82, 2.24) is 14.5 Å².